The Morgan fingerprint density at radius 3 is 3.06 bits per heavy atom. The number of aromatic amines is 1. The number of hydrogen-bond acceptors (Lipinski definition) is 3. The zero-order valence-corrected chi connectivity index (χ0v) is 11.0. The van der Waals surface area contributed by atoms with Gasteiger partial charge < -0.3 is 0 Å². The summed E-state index contributed by atoms with van der Waals surface area (Å²) in [6.07, 6.45) is 3.49. The second-order valence-electron chi connectivity index (χ2n) is 5.37. The van der Waals surface area contributed by atoms with Gasteiger partial charge in [0, 0.05) is 0 Å². The van der Waals surface area contributed by atoms with Crippen molar-refractivity contribution in [3.8, 4) is 0 Å². The van der Waals surface area contributed by atoms with Crippen molar-refractivity contribution < 1.29 is 17.0 Å². The molecule has 2 atom stereocenters. The summed E-state index contributed by atoms with van der Waals surface area (Å²) in [6, 6.07) is 0. The fraction of sp³-hybridized carbons (Fsp3) is 0.417. The van der Waals surface area contributed by atoms with E-state index in [1.165, 1.54) is 21.9 Å². The molecule has 1 spiro atoms. The number of nitrogens with one attached hydrogen (secondary N) is 1. The molecule has 1 aromatic heterocycles. The number of hydrogen-bond donors (Lipinski definition) is 3. The number of allylic oxidation sites excluding steroid dienone is 2. The van der Waals surface area contributed by atoms with Crippen LogP contribution < -0.4 is 11.5 Å². The van der Waals surface area contributed by atoms with E-state index in [-0.39, 0.29) is 5.41 Å². The van der Waals surface area contributed by atoms with E-state index in [2.05, 4.69) is 40.0 Å². The van der Waals surface area contributed by atoms with Gasteiger partial charge in [-0.05, 0) is 0 Å². The molecule has 0 aromatic carbocycles. The molecule has 4 rings (SSSR count). The monoisotopic (exact) mass is 265 g/mol. The first kappa shape index (κ1) is 9.86. The Morgan fingerprint density at radius 1 is 1.53 bits per heavy atom. The Balaban J connectivity index is 2.04. The number of rotatable bonds is 0. The molecule has 17 heavy (non-hydrogen) atoms. The Morgan fingerprint density at radius 2 is 2.29 bits per heavy atom. The van der Waals surface area contributed by atoms with E-state index in [1.807, 2.05) is 0 Å². The first-order valence-electron chi connectivity index (χ1n) is 5.82. The average molecular weight is 265 g/mol. The minimum absolute atomic E-state index is 0.172. The number of aromatic nitrogens is 1. The van der Waals surface area contributed by atoms with Crippen LogP contribution in [0, 0.1) is 5.92 Å². The summed E-state index contributed by atoms with van der Waals surface area (Å²) in [7, 11) is 2.16. The molecule has 3 aliphatic rings. The van der Waals surface area contributed by atoms with Gasteiger partial charge in [0.1, 0.15) is 0 Å². The predicted octanol–water partition coefficient (Wildman–Crippen LogP) is 0.347. The summed E-state index contributed by atoms with van der Waals surface area (Å²) >= 11 is 2.62. The fourth-order valence-corrected chi connectivity index (χ4v) is 4.15. The van der Waals surface area contributed by atoms with Gasteiger partial charge in [-0.25, -0.2) is 0 Å². The van der Waals surface area contributed by atoms with E-state index in [1.54, 1.807) is 0 Å². The molecule has 5 heteroatoms. The number of H-pyrrole nitrogens is 1. The van der Waals surface area contributed by atoms with Crippen molar-refractivity contribution in [1.82, 2.24) is 9.88 Å². The normalized spacial score (nSPS) is 32.9. The quantitative estimate of drug-likeness (QED) is 0.633. The van der Waals surface area contributed by atoms with Gasteiger partial charge in [0.2, 0.25) is 0 Å². The summed E-state index contributed by atoms with van der Waals surface area (Å²) in [5, 5.41) is 0. The summed E-state index contributed by atoms with van der Waals surface area (Å²) < 4.78 is 1.18. The van der Waals surface area contributed by atoms with E-state index in [0.29, 0.717) is 5.82 Å². The summed E-state index contributed by atoms with van der Waals surface area (Å²) in [5.41, 5.74) is 16.8. The third kappa shape index (κ3) is 0.916. The van der Waals surface area contributed by atoms with Crippen molar-refractivity contribution in [3.63, 3.8) is 0 Å². The number of nitrogen functional groups attached to an aromatic ring is 2. The number of fused-ring (bicyclic) bond motifs is 1. The molecule has 5 N–H and O–H groups in total. The zero-order valence-electron chi connectivity index (χ0n) is 9.62. The molecule has 87 valence electrons. The SMILES string of the molecule is CN1CC2CC23C1=C[C](=[V])c1[nH]c(N)c(N)c13. The standard InChI is InChI=1S/C12H14N4.V/c1-16-5-6-4-12(6)8(16)3-2-7-9(12)10(13)11(14)15-7;/h3,6,15H,4-5,13-14H2,1H3;. The van der Waals surface area contributed by atoms with Gasteiger partial charge in [-0.1, -0.05) is 0 Å². The van der Waals surface area contributed by atoms with Crippen LogP contribution in [0.5, 0.6) is 0 Å². The molecule has 1 aromatic rings. The third-order valence-electron chi connectivity index (χ3n) is 4.51. The van der Waals surface area contributed by atoms with Crippen molar-refractivity contribution in [2.24, 2.45) is 5.92 Å². The van der Waals surface area contributed by atoms with E-state index < -0.39 is 0 Å². The number of anilines is 2. The Labute approximate surface area is 109 Å². The maximum atomic E-state index is 6.18. The molecule has 4 nitrogen and oxygen atoms in total. The van der Waals surface area contributed by atoms with E-state index in [4.69, 9.17) is 11.5 Å². The van der Waals surface area contributed by atoms with Crippen LogP contribution in [0.2, 0.25) is 0 Å². The van der Waals surface area contributed by atoms with Crippen LogP contribution in [0.4, 0.5) is 11.5 Å². The summed E-state index contributed by atoms with van der Waals surface area (Å²) in [4.78, 5) is 5.59. The third-order valence-corrected chi connectivity index (χ3v) is 5.06. The van der Waals surface area contributed by atoms with E-state index in [0.717, 1.165) is 23.8 Å². The molecule has 0 amide bonds. The van der Waals surface area contributed by atoms with Crippen LogP contribution in [-0.4, -0.2) is 27.7 Å². The second-order valence-corrected chi connectivity index (χ2v) is 6.12. The molecular weight excluding hydrogens is 251 g/mol. The average Bonchev–Trinajstić information content (AvgIpc) is 2.77. The van der Waals surface area contributed by atoms with Gasteiger partial charge in [0.05, 0.1) is 0 Å². The number of nitrogens with zero attached hydrogens (tertiary/aromatic N) is 1. The Hall–Kier alpha value is -1.13. The molecule has 1 saturated heterocycles. The zero-order chi connectivity index (χ0) is 11.9. The van der Waals surface area contributed by atoms with Crippen molar-refractivity contribution in [1.29, 1.82) is 0 Å². The van der Waals surface area contributed by atoms with Crippen molar-refractivity contribution in [3.05, 3.63) is 23.0 Å². The van der Waals surface area contributed by atoms with Gasteiger partial charge in [-0.2, -0.15) is 0 Å². The van der Waals surface area contributed by atoms with Gasteiger partial charge >= 0.3 is 108 Å². The first-order chi connectivity index (χ1) is 8.05. The van der Waals surface area contributed by atoms with Gasteiger partial charge in [-0.3, -0.25) is 0 Å². The number of likely N-dealkylation sites (N-methyl/N-ethyl adjacent to an activating group) is 1. The molecule has 1 saturated carbocycles. The number of piperidine rings is 1. The Kier molecular flexibility index (Phi) is 1.54. The van der Waals surface area contributed by atoms with Gasteiger partial charge in [-0.15, -0.1) is 0 Å². The van der Waals surface area contributed by atoms with Crippen LogP contribution in [0.15, 0.2) is 11.8 Å². The van der Waals surface area contributed by atoms with Crippen LogP contribution in [0.25, 0.3) is 0 Å². The van der Waals surface area contributed by atoms with Gasteiger partial charge in [0.15, 0.2) is 0 Å². The van der Waals surface area contributed by atoms with Crippen LogP contribution in [-0.2, 0) is 22.4 Å². The molecule has 0 bridgehead atoms. The molecule has 2 unspecified atom stereocenters. The number of likely N-dealkylation sites (tertiary alicyclic amines) is 1. The van der Waals surface area contributed by atoms with E-state index in [9.17, 15) is 0 Å². The molecule has 2 heterocycles. The van der Waals surface area contributed by atoms with E-state index >= 15 is 0 Å². The minimum atomic E-state index is 0.172. The second kappa shape index (κ2) is 2.65. The maximum absolute atomic E-state index is 6.18. The topological polar surface area (TPSA) is 71.1 Å². The van der Waals surface area contributed by atoms with Crippen molar-refractivity contribution in [2.75, 3.05) is 25.1 Å². The molecule has 2 aliphatic carbocycles. The summed E-state index contributed by atoms with van der Waals surface area (Å²) in [5.74, 6) is 1.33. The van der Waals surface area contributed by atoms with Crippen LogP contribution >= 0.6 is 0 Å². The fourth-order valence-electron chi connectivity index (χ4n) is 3.70. The van der Waals surface area contributed by atoms with Gasteiger partial charge in [0.25, 0.3) is 0 Å². The Bertz CT molecular complexity index is 600. The van der Waals surface area contributed by atoms with Crippen LogP contribution in [0.3, 0.4) is 0 Å². The van der Waals surface area contributed by atoms with Crippen molar-refractivity contribution >= 4 is 15.7 Å². The predicted molar refractivity (Wildman–Crippen MR) is 64.2 cm³/mol. The molecular formula is C12H14N4V. The first-order valence-corrected chi connectivity index (χ1v) is 6.52. The molecule has 0 radical (unpaired) electrons. The molecule has 1 aliphatic heterocycles. The van der Waals surface area contributed by atoms with Crippen LogP contribution in [0.1, 0.15) is 17.7 Å². The number of nitrogens with two attached hydrogens (primary N) is 2. The van der Waals surface area contributed by atoms with Crippen molar-refractivity contribution in [2.45, 2.75) is 11.8 Å². The molecule has 2 fully saturated rings. The summed E-state index contributed by atoms with van der Waals surface area (Å²) in [6.45, 7) is 1.13.